The van der Waals surface area contributed by atoms with Crippen LogP contribution in [0.2, 0.25) is 0 Å². The summed E-state index contributed by atoms with van der Waals surface area (Å²) in [6.45, 7) is 4.81. The molecule has 4 rings (SSSR count). The number of hydrogen-bond donors (Lipinski definition) is 1. The second kappa shape index (κ2) is 9.59. The highest BCUT2D eigenvalue weighted by atomic mass is 32.1. The molecule has 2 aromatic rings. The third-order valence-corrected chi connectivity index (χ3v) is 7.98. The fourth-order valence-electron chi connectivity index (χ4n) is 4.80. The minimum atomic E-state index is -0.766. The van der Waals surface area contributed by atoms with Gasteiger partial charge in [0.25, 0.3) is 0 Å². The number of hydrogen-bond acceptors (Lipinski definition) is 5. The first kappa shape index (κ1) is 20.8. The van der Waals surface area contributed by atoms with Gasteiger partial charge in [0.05, 0.1) is 12.3 Å². The maximum Gasteiger partial charge on any atom is 0.125 e. The van der Waals surface area contributed by atoms with E-state index in [-0.39, 0.29) is 0 Å². The number of rotatable bonds is 6. The second-order valence-electron chi connectivity index (χ2n) is 8.65. The summed E-state index contributed by atoms with van der Waals surface area (Å²) in [6.07, 6.45) is 10.3. The van der Waals surface area contributed by atoms with Gasteiger partial charge in [0, 0.05) is 23.9 Å². The average molecular weight is 415 g/mol. The van der Waals surface area contributed by atoms with Gasteiger partial charge in [-0.1, -0.05) is 37.5 Å². The molecule has 1 aliphatic heterocycles. The van der Waals surface area contributed by atoms with E-state index in [1.807, 2.05) is 30.3 Å². The van der Waals surface area contributed by atoms with Crippen LogP contribution in [0.15, 0.2) is 30.3 Å². The second-order valence-corrected chi connectivity index (χ2v) is 9.74. The van der Waals surface area contributed by atoms with E-state index in [1.165, 1.54) is 37.0 Å². The number of benzene rings is 1. The summed E-state index contributed by atoms with van der Waals surface area (Å²) in [7, 11) is 0. The summed E-state index contributed by atoms with van der Waals surface area (Å²) in [6, 6.07) is 10.7. The fourth-order valence-corrected chi connectivity index (χ4v) is 5.99. The highest BCUT2D eigenvalue weighted by Gasteiger charge is 2.36. The molecule has 1 aliphatic carbocycles. The quantitative estimate of drug-likeness (QED) is 0.716. The lowest BCUT2D eigenvalue weighted by molar-refractivity contribution is 0.0188. The first-order chi connectivity index (χ1) is 14.1. The SMILES string of the molecule is Cc1nc(C2(O)CCCN(C3CCCCC3)CC2)sc1CCOc1ccccc1. The molecule has 0 spiro atoms. The van der Waals surface area contributed by atoms with E-state index in [9.17, 15) is 5.11 Å². The average Bonchev–Trinajstić information content (AvgIpc) is 3.01. The minimum absolute atomic E-state index is 0.639. The van der Waals surface area contributed by atoms with Gasteiger partial charge in [-0.15, -0.1) is 11.3 Å². The van der Waals surface area contributed by atoms with Gasteiger partial charge in [-0.3, -0.25) is 0 Å². The summed E-state index contributed by atoms with van der Waals surface area (Å²) in [5.41, 5.74) is 0.278. The first-order valence-electron chi connectivity index (χ1n) is 11.3. The van der Waals surface area contributed by atoms with E-state index in [2.05, 4.69) is 11.8 Å². The molecule has 2 heterocycles. The lowest BCUT2D eigenvalue weighted by atomic mass is 9.93. The van der Waals surface area contributed by atoms with E-state index >= 15 is 0 Å². The topological polar surface area (TPSA) is 45.6 Å². The zero-order chi connectivity index (χ0) is 20.1. The van der Waals surface area contributed by atoms with Gasteiger partial charge in [-0.05, 0) is 57.7 Å². The van der Waals surface area contributed by atoms with Crippen molar-refractivity contribution < 1.29 is 9.84 Å². The Morgan fingerprint density at radius 2 is 1.90 bits per heavy atom. The number of aryl methyl sites for hydroxylation is 1. The Kier molecular flexibility index (Phi) is 6.88. The summed E-state index contributed by atoms with van der Waals surface area (Å²) in [5, 5.41) is 12.4. The monoisotopic (exact) mass is 414 g/mol. The number of ether oxygens (including phenoxy) is 1. The Balaban J connectivity index is 1.36. The number of aromatic nitrogens is 1. The van der Waals surface area contributed by atoms with Crippen molar-refractivity contribution in [2.75, 3.05) is 19.7 Å². The molecule has 1 atom stereocenters. The van der Waals surface area contributed by atoms with Crippen LogP contribution in [0.5, 0.6) is 5.75 Å². The summed E-state index contributed by atoms with van der Waals surface area (Å²) in [4.78, 5) is 8.68. The van der Waals surface area contributed by atoms with Crippen molar-refractivity contribution in [1.29, 1.82) is 0 Å². The lowest BCUT2D eigenvalue weighted by Gasteiger charge is -2.33. The Morgan fingerprint density at radius 1 is 1.10 bits per heavy atom. The Labute approximate surface area is 178 Å². The molecule has 1 aromatic carbocycles. The predicted octanol–water partition coefficient (Wildman–Crippen LogP) is 5.08. The largest absolute Gasteiger partial charge is 0.493 e. The Bertz CT molecular complexity index is 772. The van der Waals surface area contributed by atoms with Crippen molar-refractivity contribution in [3.05, 3.63) is 45.9 Å². The van der Waals surface area contributed by atoms with Crippen molar-refractivity contribution in [1.82, 2.24) is 9.88 Å². The zero-order valence-electron chi connectivity index (χ0n) is 17.6. The zero-order valence-corrected chi connectivity index (χ0v) is 18.4. The number of aliphatic hydroxyl groups is 1. The van der Waals surface area contributed by atoms with Gasteiger partial charge in [-0.25, -0.2) is 4.98 Å². The normalized spacial score (nSPS) is 24.3. The lowest BCUT2D eigenvalue weighted by Crippen LogP contribution is -2.38. The van der Waals surface area contributed by atoms with Crippen LogP contribution < -0.4 is 4.74 Å². The molecular weight excluding hydrogens is 380 g/mol. The molecular formula is C24H34N2O2S. The number of thiazole rings is 1. The smallest absolute Gasteiger partial charge is 0.125 e. The van der Waals surface area contributed by atoms with Gasteiger partial charge >= 0.3 is 0 Å². The number of nitrogens with zero attached hydrogens (tertiary/aromatic N) is 2. The highest BCUT2D eigenvalue weighted by molar-refractivity contribution is 7.11. The number of likely N-dealkylation sites (tertiary alicyclic amines) is 1. The standard InChI is InChI=1S/C24H34N2O2S/c1-19-22(13-18-28-21-11-6-3-7-12-21)29-23(25-19)24(27)14-8-16-26(17-15-24)20-9-4-2-5-10-20/h3,6-7,11-12,20,27H,2,4-5,8-10,13-18H2,1H3. The van der Waals surface area contributed by atoms with Crippen LogP contribution in [0.3, 0.4) is 0 Å². The molecule has 1 saturated heterocycles. The molecule has 158 valence electrons. The fraction of sp³-hybridized carbons (Fsp3) is 0.625. The van der Waals surface area contributed by atoms with Gasteiger partial charge in [0.2, 0.25) is 0 Å². The molecule has 1 aromatic heterocycles. The molecule has 1 unspecified atom stereocenters. The van der Waals surface area contributed by atoms with Crippen molar-refractivity contribution in [3.8, 4) is 5.75 Å². The van der Waals surface area contributed by atoms with Gasteiger partial charge in [0.1, 0.15) is 16.4 Å². The molecule has 1 N–H and O–H groups in total. The van der Waals surface area contributed by atoms with Crippen molar-refractivity contribution in [2.24, 2.45) is 0 Å². The van der Waals surface area contributed by atoms with Crippen LogP contribution in [-0.2, 0) is 12.0 Å². The van der Waals surface area contributed by atoms with Gasteiger partial charge in [-0.2, -0.15) is 0 Å². The first-order valence-corrected chi connectivity index (χ1v) is 12.1. The molecule has 2 aliphatic rings. The molecule has 0 bridgehead atoms. The number of para-hydroxylation sites is 1. The van der Waals surface area contributed by atoms with Crippen molar-refractivity contribution in [2.45, 2.75) is 76.4 Å². The molecule has 4 nitrogen and oxygen atoms in total. The molecule has 1 saturated carbocycles. The van der Waals surface area contributed by atoms with Crippen LogP contribution in [0.1, 0.15) is 66.9 Å². The molecule has 5 heteroatoms. The van der Waals surface area contributed by atoms with Gasteiger partial charge in [0.15, 0.2) is 0 Å². The van der Waals surface area contributed by atoms with Crippen molar-refractivity contribution in [3.63, 3.8) is 0 Å². The summed E-state index contributed by atoms with van der Waals surface area (Å²) in [5.74, 6) is 0.903. The highest BCUT2D eigenvalue weighted by Crippen LogP contribution is 2.38. The van der Waals surface area contributed by atoms with E-state index in [4.69, 9.17) is 9.72 Å². The third kappa shape index (κ3) is 5.19. The molecule has 0 radical (unpaired) electrons. The predicted molar refractivity (Wildman–Crippen MR) is 119 cm³/mol. The van der Waals surface area contributed by atoms with Crippen LogP contribution in [0.4, 0.5) is 0 Å². The maximum absolute atomic E-state index is 11.5. The summed E-state index contributed by atoms with van der Waals surface area (Å²) >= 11 is 1.69. The van der Waals surface area contributed by atoms with Gasteiger partial charge < -0.3 is 14.7 Å². The van der Waals surface area contributed by atoms with E-state index in [0.717, 1.165) is 61.3 Å². The minimum Gasteiger partial charge on any atom is -0.493 e. The van der Waals surface area contributed by atoms with Crippen LogP contribution in [-0.4, -0.2) is 40.7 Å². The van der Waals surface area contributed by atoms with Crippen LogP contribution >= 0.6 is 11.3 Å². The Hall–Kier alpha value is -1.43. The molecule has 0 amide bonds. The van der Waals surface area contributed by atoms with Crippen LogP contribution in [0, 0.1) is 6.92 Å². The van der Waals surface area contributed by atoms with Crippen LogP contribution in [0.25, 0.3) is 0 Å². The molecule has 2 fully saturated rings. The Morgan fingerprint density at radius 3 is 2.69 bits per heavy atom. The van der Waals surface area contributed by atoms with E-state index in [0.29, 0.717) is 6.61 Å². The van der Waals surface area contributed by atoms with Crippen molar-refractivity contribution >= 4 is 11.3 Å². The third-order valence-electron chi connectivity index (χ3n) is 6.57. The van der Waals surface area contributed by atoms with E-state index < -0.39 is 5.60 Å². The summed E-state index contributed by atoms with van der Waals surface area (Å²) < 4.78 is 5.86. The van der Waals surface area contributed by atoms with E-state index in [1.54, 1.807) is 11.3 Å². The maximum atomic E-state index is 11.5. The molecule has 29 heavy (non-hydrogen) atoms.